The molecule has 0 aromatic carbocycles. The van der Waals surface area contributed by atoms with E-state index in [0.717, 1.165) is 32.1 Å². The van der Waals surface area contributed by atoms with Gasteiger partial charge in [-0.15, -0.1) is 0 Å². The molecule has 0 amide bonds. The summed E-state index contributed by atoms with van der Waals surface area (Å²) in [5, 5.41) is 0. The Morgan fingerprint density at radius 3 is 2.47 bits per heavy atom. The number of hydrogen-bond donors (Lipinski definition) is 2. The Kier molecular flexibility index (Phi) is 3.05. The van der Waals surface area contributed by atoms with E-state index in [1.807, 2.05) is 0 Å². The Morgan fingerprint density at radius 2 is 2.00 bits per heavy atom. The molecular weight excluding hydrogens is 212 g/mol. The summed E-state index contributed by atoms with van der Waals surface area (Å²) < 4.78 is 26.0. The fourth-order valence-corrected chi connectivity index (χ4v) is 3.51. The molecule has 0 bridgehead atoms. The summed E-state index contributed by atoms with van der Waals surface area (Å²) in [6.45, 7) is 1.25. The summed E-state index contributed by atoms with van der Waals surface area (Å²) in [5.74, 6) is 0.748. The van der Waals surface area contributed by atoms with Crippen LogP contribution >= 0.6 is 0 Å². The first kappa shape index (κ1) is 11.4. The summed E-state index contributed by atoms with van der Waals surface area (Å²) in [5.41, 5.74) is 5.71. The fourth-order valence-electron chi connectivity index (χ4n) is 1.91. The van der Waals surface area contributed by atoms with Gasteiger partial charge in [-0.05, 0) is 50.0 Å². The maximum atomic E-state index is 11.6. The van der Waals surface area contributed by atoms with Crippen LogP contribution in [0.4, 0.5) is 0 Å². The first-order valence-corrected chi connectivity index (χ1v) is 7.38. The highest BCUT2D eigenvalue weighted by atomic mass is 32.2. The highest BCUT2D eigenvalue weighted by Crippen LogP contribution is 2.47. The predicted molar refractivity (Wildman–Crippen MR) is 59.9 cm³/mol. The summed E-state index contributed by atoms with van der Waals surface area (Å²) in [6, 6.07) is 0. The SMILES string of the molecule is NCCC1(CNS(=O)(=O)CC2CC2)CC1. The Hall–Kier alpha value is -0.130. The van der Waals surface area contributed by atoms with Crippen LogP contribution in [0, 0.1) is 11.3 Å². The number of hydrogen-bond acceptors (Lipinski definition) is 3. The highest BCUT2D eigenvalue weighted by Gasteiger charge is 2.42. The van der Waals surface area contributed by atoms with Crippen LogP contribution in [-0.2, 0) is 10.0 Å². The van der Waals surface area contributed by atoms with Crippen LogP contribution in [0.3, 0.4) is 0 Å². The second kappa shape index (κ2) is 4.03. The quantitative estimate of drug-likeness (QED) is 0.669. The molecule has 0 unspecified atom stereocenters. The van der Waals surface area contributed by atoms with E-state index in [1.54, 1.807) is 0 Å². The van der Waals surface area contributed by atoms with Gasteiger partial charge in [0.25, 0.3) is 0 Å². The van der Waals surface area contributed by atoms with Gasteiger partial charge in [0.1, 0.15) is 0 Å². The third-order valence-electron chi connectivity index (χ3n) is 3.45. The zero-order valence-electron chi connectivity index (χ0n) is 9.04. The van der Waals surface area contributed by atoms with Gasteiger partial charge in [-0.25, -0.2) is 13.1 Å². The molecule has 0 spiro atoms. The maximum Gasteiger partial charge on any atom is 0.211 e. The number of nitrogens with two attached hydrogens (primary N) is 1. The van der Waals surface area contributed by atoms with E-state index in [2.05, 4.69) is 4.72 Å². The van der Waals surface area contributed by atoms with E-state index in [1.165, 1.54) is 0 Å². The lowest BCUT2D eigenvalue weighted by Crippen LogP contribution is -2.33. The topological polar surface area (TPSA) is 72.2 Å². The van der Waals surface area contributed by atoms with Crippen molar-refractivity contribution in [1.29, 1.82) is 0 Å². The second-order valence-corrected chi connectivity index (χ2v) is 6.94. The molecule has 0 aromatic heterocycles. The Labute approximate surface area is 91.7 Å². The molecule has 0 radical (unpaired) electrons. The van der Waals surface area contributed by atoms with E-state index in [9.17, 15) is 8.42 Å². The van der Waals surface area contributed by atoms with Crippen LogP contribution in [0.5, 0.6) is 0 Å². The van der Waals surface area contributed by atoms with Crippen molar-refractivity contribution in [1.82, 2.24) is 4.72 Å². The van der Waals surface area contributed by atoms with E-state index >= 15 is 0 Å². The van der Waals surface area contributed by atoms with E-state index < -0.39 is 10.0 Å². The van der Waals surface area contributed by atoms with Gasteiger partial charge in [-0.1, -0.05) is 0 Å². The molecule has 15 heavy (non-hydrogen) atoms. The molecule has 2 rings (SSSR count). The summed E-state index contributed by atoms with van der Waals surface area (Å²) in [4.78, 5) is 0. The van der Waals surface area contributed by atoms with Crippen LogP contribution in [-0.4, -0.2) is 27.3 Å². The van der Waals surface area contributed by atoms with Crippen molar-refractivity contribution in [2.75, 3.05) is 18.8 Å². The lowest BCUT2D eigenvalue weighted by Gasteiger charge is -2.14. The third-order valence-corrected chi connectivity index (χ3v) is 4.95. The molecule has 5 heteroatoms. The molecule has 2 saturated carbocycles. The zero-order valence-corrected chi connectivity index (χ0v) is 9.85. The minimum absolute atomic E-state index is 0.200. The summed E-state index contributed by atoms with van der Waals surface area (Å²) >= 11 is 0. The molecular formula is C10H20N2O2S. The van der Waals surface area contributed by atoms with Crippen LogP contribution < -0.4 is 10.5 Å². The average Bonchev–Trinajstić information content (AvgIpc) is 3.00. The molecule has 0 atom stereocenters. The molecule has 2 fully saturated rings. The Balaban J connectivity index is 1.76. The van der Waals surface area contributed by atoms with Crippen molar-refractivity contribution in [3.05, 3.63) is 0 Å². The standard InChI is InChI=1S/C10H20N2O2S/c11-6-5-10(3-4-10)8-12-15(13,14)7-9-1-2-9/h9,12H,1-8,11H2. The minimum Gasteiger partial charge on any atom is -0.330 e. The molecule has 88 valence electrons. The van der Waals surface area contributed by atoms with Gasteiger partial charge in [0.2, 0.25) is 10.0 Å². The van der Waals surface area contributed by atoms with E-state index in [4.69, 9.17) is 5.73 Å². The predicted octanol–water partition coefficient (Wildman–Crippen LogP) is 0.445. The van der Waals surface area contributed by atoms with E-state index in [0.29, 0.717) is 24.8 Å². The lowest BCUT2D eigenvalue weighted by atomic mass is 10.0. The van der Waals surface area contributed by atoms with Crippen molar-refractivity contribution in [3.63, 3.8) is 0 Å². The largest absolute Gasteiger partial charge is 0.330 e. The van der Waals surface area contributed by atoms with Gasteiger partial charge in [-0.2, -0.15) is 0 Å². The van der Waals surface area contributed by atoms with Crippen molar-refractivity contribution < 1.29 is 8.42 Å². The lowest BCUT2D eigenvalue weighted by molar-refractivity contribution is 0.461. The molecule has 0 heterocycles. The number of nitrogens with one attached hydrogen (secondary N) is 1. The third kappa shape index (κ3) is 3.43. The highest BCUT2D eigenvalue weighted by molar-refractivity contribution is 7.89. The smallest absolute Gasteiger partial charge is 0.211 e. The van der Waals surface area contributed by atoms with Crippen LogP contribution in [0.2, 0.25) is 0 Å². The van der Waals surface area contributed by atoms with Gasteiger partial charge < -0.3 is 5.73 Å². The molecule has 2 aliphatic carbocycles. The van der Waals surface area contributed by atoms with Crippen molar-refractivity contribution in [2.24, 2.45) is 17.1 Å². The number of rotatable bonds is 7. The monoisotopic (exact) mass is 232 g/mol. The first-order valence-electron chi connectivity index (χ1n) is 5.73. The van der Waals surface area contributed by atoms with Crippen LogP contribution in [0.15, 0.2) is 0 Å². The Bertz CT molecular complexity index is 318. The summed E-state index contributed by atoms with van der Waals surface area (Å²) in [6.07, 6.45) is 5.34. The first-order chi connectivity index (χ1) is 7.05. The van der Waals surface area contributed by atoms with Crippen molar-refractivity contribution >= 4 is 10.0 Å². The zero-order chi connectivity index (χ0) is 10.9. The molecule has 0 aliphatic heterocycles. The molecule has 3 N–H and O–H groups in total. The van der Waals surface area contributed by atoms with Crippen molar-refractivity contribution in [3.8, 4) is 0 Å². The Morgan fingerprint density at radius 1 is 1.33 bits per heavy atom. The minimum atomic E-state index is -3.02. The summed E-state index contributed by atoms with van der Waals surface area (Å²) in [7, 11) is -3.02. The maximum absolute atomic E-state index is 11.6. The van der Waals surface area contributed by atoms with Crippen LogP contribution in [0.25, 0.3) is 0 Å². The van der Waals surface area contributed by atoms with Gasteiger partial charge in [0, 0.05) is 6.54 Å². The fraction of sp³-hybridized carbons (Fsp3) is 1.00. The van der Waals surface area contributed by atoms with Gasteiger partial charge in [0.15, 0.2) is 0 Å². The average molecular weight is 232 g/mol. The molecule has 0 saturated heterocycles. The molecule has 4 nitrogen and oxygen atoms in total. The van der Waals surface area contributed by atoms with Gasteiger partial charge in [0.05, 0.1) is 5.75 Å². The second-order valence-electron chi connectivity index (χ2n) is 5.08. The molecule has 2 aliphatic rings. The molecule has 0 aromatic rings. The van der Waals surface area contributed by atoms with E-state index in [-0.39, 0.29) is 5.41 Å². The number of sulfonamides is 1. The van der Waals surface area contributed by atoms with Crippen molar-refractivity contribution in [2.45, 2.75) is 32.1 Å². The van der Waals surface area contributed by atoms with Gasteiger partial charge in [-0.3, -0.25) is 0 Å². The van der Waals surface area contributed by atoms with Crippen LogP contribution in [0.1, 0.15) is 32.1 Å². The normalized spacial score (nSPS) is 24.1. The van der Waals surface area contributed by atoms with Gasteiger partial charge >= 0.3 is 0 Å².